The number of piperazine rings is 1. The van der Waals surface area contributed by atoms with Crippen molar-refractivity contribution in [1.82, 2.24) is 35.0 Å². The number of hydrogen-bond acceptors (Lipinski definition) is 9. The van der Waals surface area contributed by atoms with E-state index in [1.807, 2.05) is 41.3 Å². The predicted octanol–water partition coefficient (Wildman–Crippen LogP) is 4.05. The SMILES string of the molecule is N=C(/C=C\c1ncc(-c2cccc(N3CCN(CCc4ccc5c(c4)C(=O)N(C4CCC(=O)NC4=O)C5O)CC3)n2)[nH]1)N1CCC[C@@H]1c1cccc(F)c1. The fourth-order valence-electron chi connectivity index (χ4n) is 7.99. The van der Waals surface area contributed by atoms with Crippen LogP contribution >= 0.6 is 0 Å². The molecule has 3 amide bonds. The Labute approximate surface area is 312 Å². The Morgan fingerprint density at radius 1 is 0.981 bits per heavy atom. The maximum atomic E-state index is 13.9. The van der Waals surface area contributed by atoms with Gasteiger partial charge in [0.05, 0.1) is 23.6 Å². The molecule has 0 aliphatic carbocycles. The van der Waals surface area contributed by atoms with Crippen molar-refractivity contribution in [2.24, 2.45) is 0 Å². The lowest BCUT2D eigenvalue weighted by Gasteiger charge is -2.35. The molecule has 6 heterocycles. The number of amidine groups is 1. The Morgan fingerprint density at radius 2 is 1.81 bits per heavy atom. The predicted molar refractivity (Wildman–Crippen MR) is 200 cm³/mol. The van der Waals surface area contributed by atoms with Gasteiger partial charge >= 0.3 is 0 Å². The number of pyridine rings is 1. The third kappa shape index (κ3) is 7.14. The molecule has 14 heteroatoms. The number of nitrogens with one attached hydrogen (secondary N) is 3. The second kappa shape index (κ2) is 15.0. The van der Waals surface area contributed by atoms with Crippen LogP contribution in [0.4, 0.5) is 10.2 Å². The van der Waals surface area contributed by atoms with E-state index in [9.17, 15) is 23.9 Å². The number of aromatic amines is 1. The van der Waals surface area contributed by atoms with E-state index in [-0.39, 0.29) is 30.6 Å². The van der Waals surface area contributed by atoms with Gasteiger partial charge in [-0.15, -0.1) is 0 Å². The second-order valence-corrected chi connectivity index (χ2v) is 14.2. The van der Waals surface area contributed by atoms with Crippen LogP contribution in [0.1, 0.15) is 70.8 Å². The maximum absolute atomic E-state index is 13.9. The summed E-state index contributed by atoms with van der Waals surface area (Å²) in [6, 6.07) is 17.2. The van der Waals surface area contributed by atoms with E-state index in [2.05, 4.69) is 25.1 Å². The largest absolute Gasteiger partial charge is 0.369 e. The molecule has 54 heavy (non-hydrogen) atoms. The number of aliphatic hydroxyl groups excluding tert-OH is 1. The van der Waals surface area contributed by atoms with Crippen molar-refractivity contribution < 1.29 is 23.9 Å². The number of benzene rings is 2. The number of aliphatic hydroxyl groups is 1. The number of aromatic nitrogens is 3. The number of nitrogens with zero attached hydrogens (tertiary/aromatic N) is 6. The van der Waals surface area contributed by atoms with E-state index in [1.54, 1.807) is 36.5 Å². The maximum Gasteiger partial charge on any atom is 0.257 e. The van der Waals surface area contributed by atoms with Gasteiger partial charge in [-0.3, -0.25) is 34.9 Å². The van der Waals surface area contributed by atoms with Crippen LogP contribution in [0.2, 0.25) is 0 Å². The number of H-pyrrole nitrogens is 1. The Morgan fingerprint density at radius 3 is 2.63 bits per heavy atom. The molecule has 8 rings (SSSR count). The average Bonchev–Trinajstić information content (AvgIpc) is 3.93. The Hall–Kier alpha value is -5.73. The number of anilines is 1. The molecule has 4 N–H and O–H groups in total. The van der Waals surface area contributed by atoms with Gasteiger partial charge in [0.2, 0.25) is 11.8 Å². The number of carbonyl (C=O) groups is 3. The van der Waals surface area contributed by atoms with Crippen molar-refractivity contribution in [1.29, 1.82) is 5.41 Å². The summed E-state index contributed by atoms with van der Waals surface area (Å²) in [5.74, 6) is 0.282. The topological polar surface area (TPSA) is 162 Å². The highest BCUT2D eigenvalue weighted by Gasteiger charge is 2.44. The number of hydrogen-bond donors (Lipinski definition) is 4. The Kier molecular flexibility index (Phi) is 9.78. The summed E-state index contributed by atoms with van der Waals surface area (Å²) in [5.41, 5.74) is 4.30. The lowest BCUT2D eigenvalue weighted by atomic mass is 10.0. The zero-order valence-corrected chi connectivity index (χ0v) is 29.7. The molecule has 4 aliphatic heterocycles. The summed E-state index contributed by atoms with van der Waals surface area (Å²) in [7, 11) is 0. The highest BCUT2D eigenvalue weighted by atomic mass is 19.1. The minimum atomic E-state index is -1.22. The van der Waals surface area contributed by atoms with Gasteiger partial charge in [-0.2, -0.15) is 0 Å². The average molecular weight is 732 g/mol. The minimum absolute atomic E-state index is 0.0204. The smallest absolute Gasteiger partial charge is 0.257 e. The minimum Gasteiger partial charge on any atom is -0.369 e. The number of imidazole rings is 1. The van der Waals surface area contributed by atoms with Crippen LogP contribution in [-0.4, -0.2) is 104 Å². The van der Waals surface area contributed by atoms with Gasteiger partial charge in [-0.05, 0) is 79.3 Å². The van der Waals surface area contributed by atoms with Crippen LogP contribution in [-0.2, 0) is 16.0 Å². The number of imide groups is 1. The molecule has 2 aromatic heterocycles. The van der Waals surface area contributed by atoms with Crippen LogP contribution in [0.3, 0.4) is 0 Å². The first kappa shape index (κ1) is 35.3. The molecule has 0 bridgehead atoms. The standard InChI is InChI=1S/C40H42FN9O4/c41-27-5-1-4-26(23-27)32-7-3-16-49(32)34(42)12-13-35-43-24-31(44-35)30-6-2-8-36(45-30)48-20-18-47(19-21-48)17-15-25-9-10-28-29(22-25)40(54)50(39(28)53)33-11-14-37(51)46-38(33)52/h1-2,4-6,8-10,12-13,22-24,32-33,39,42,53H,3,7,11,14-21H2,(H,43,44)(H,46,51,52)/b13-12-,42-34?/t32-,33?,39?/m1/s1. The number of rotatable bonds is 9. The summed E-state index contributed by atoms with van der Waals surface area (Å²) in [6.07, 6.45) is 6.91. The normalized spacial score (nSPS) is 22.0. The van der Waals surface area contributed by atoms with Crippen LogP contribution in [0.25, 0.3) is 17.5 Å². The van der Waals surface area contributed by atoms with Gasteiger partial charge in [0.15, 0.2) is 6.23 Å². The van der Waals surface area contributed by atoms with E-state index in [0.717, 1.165) is 86.9 Å². The molecule has 3 fully saturated rings. The van der Waals surface area contributed by atoms with Gasteiger partial charge in [0, 0.05) is 56.8 Å². The number of fused-ring (bicyclic) bond motifs is 1. The fraction of sp³-hybridized carbons (Fsp3) is 0.350. The molecule has 278 valence electrons. The third-order valence-corrected chi connectivity index (χ3v) is 10.9. The van der Waals surface area contributed by atoms with Gasteiger partial charge < -0.3 is 19.9 Å². The molecule has 0 spiro atoms. The third-order valence-electron chi connectivity index (χ3n) is 10.9. The zero-order valence-electron chi connectivity index (χ0n) is 29.7. The number of carbonyl (C=O) groups excluding carboxylic acids is 3. The molecule has 2 unspecified atom stereocenters. The Balaban J connectivity index is 0.839. The number of amides is 3. The molecule has 4 aromatic rings. The molecule has 13 nitrogen and oxygen atoms in total. The molecule has 2 aromatic carbocycles. The number of halogens is 1. The van der Waals surface area contributed by atoms with Crippen LogP contribution in [0.5, 0.6) is 0 Å². The lowest BCUT2D eigenvalue weighted by molar-refractivity contribution is -0.139. The van der Waals surface area contributed by atoms with Crippen molar-refractivity contribution >= 4 is 35.5 Å². The molecule has 0 radical (unpaired) electrons. The van der Waals surface area contributed by atoms with Crippen LogP contribution < -0.4 is 10.2 Å². The van der Waals surface area contributed by atoms with Gasteiger partial charge in [-0.1, -0.05) is 30.3 Å². The molecular weight excluding hydrogens is 689 g/mol. The van der Waals surface area contributed by atoms with Crippen molar-refractivity contribution in [3.8, 4) is 11.4 Å². The van der Waals surface area contributed by atoms with Crippen molar-refractivity contribution in [3.05, 3.63) is 107 Å². The Bertz CT molecular complexity index is 2130. The van der Waals surface area contributed by atoms with Gasteiger partial charge in [-0.25, -0.2) is 14.4 Å². The van der Waals surface area contributed by atoms with Crippen molar-refractivity contribution in [2.45, 2.75) is 50.4 Å². The van der Waals surface area contributed by atoms with E-state index in [4.69, 9.17) is 10.4 Å². The monoisotopic (exact) mass is 731 g/mol. The highest BCUT2D eigenvalue weighted by molar-refractivity contribution is 6.05. The number of piperidine rings is 1. The van der Waals surface area contributed by atoms with Crippen molar-refractivity contribution in [3.63, 3.8) is 0 Å². The highest BCUT2D eigenvalue weighted by Crippen LogP contribution is 2.36. The van der Waals surface area contributed by atoms with Crippen LogP contribution in [0.15, 0.2) is 72.9 Å². The molecule has 3 atom stereocenters. The van der Waals surface area contributed by atoms with E-state index < -0.39 is 24.1 Å². The van der Waals surface area contributed by atoms with E-state index >= 15 is 0 Å². The molecule has 4 aliphatic rings. The zero-order chi connectivity index (χ0) is 37.3. The quantitative estimate of drug-likeness (QED) is 0.113. The molecule has 0 saturated carbocycles. The van der Waals surface area contributed by atoms with Crippen molar-refractivity contribution in [2.75, 3.05) is 44.2 Å². The molecule has 3 saturated heterocycles. The number of likely N-dealkylation sites (tertiary alicyclic amines) is 1. The van der Waals surface area contributed by atoms with Gasteiger partial charge in [0.25, 0.3) is 5.91 Å². The lowest BCUT2D eigenvalue weighted by Crippen LogP contribution is -2.53. The van der Waals surface area contributed by atoms with Crippen LogP contribution in [0, 0.1) is 11.2 Å². The molecular formula is C40H42FN9O4. The first-order chi connectivity index (χ1) is 26.2. The van der Waals surface area contributed by atoms with Gasteiger partial charge in [0.1, 0.15) is 29.3 Å². The first-order valence-electron chi connectivity index (χ1n) is 18.5. The summed E-state index contributed by atoms with van der Waals surface area (Å²) < 4.78 is 13.9. The fourth-order valence-corrected chi connectivity index (χ4v) is 7.99. The summed E-state index contributed by atoms with van der Waals surface area (Å²) >= 11 is 0. The van der Waals surface area contributed by atoms with E-state index in [0.29, 0.717) is 22.8 Å². The first-order valence-corrected chi connectivity index (χ1v) is 18.5. The summed E-state index contributed by atoms with van der Waals surface area (Å²) in [4.78, 5) is 57.9. The summed E-state index contributed by atoms with van der Waals surface area (Å²) in [6.45, 7) is 4.85. The summed E-state index contributed by atoms with van der Waals surface area (Å²) in [5, 5.41) is 21.9. The second-order valence-electron chi connectivity index (χ2n) is 14.2. The van der Waals surface area contributed by atoms with E-state index in [1.165, 1.54) is 11.0 Å².